The molecule has 0 N–H and O–H groups in total. The number of hydrogen-bond donors (Lipinski definition) is 0. The van der Waals surface area contributed by atoms with Crippen molar-refractivity contribution in [2.24, 2.45) is 4.74 Å². The van der Waals surface area contributed by atoms with Crippen molar-refractivity contribution in [2.75, 3.05) is 38.2 Å². The minimum Gasteiger partial charge on any atom is -0.464 e. The van der Waals surface area contributed by atoms with Gasteiger partial charge in [0.25, 0.3) is 5.91 Å². The van der Waals surface area contributed by atoms with Crippen LogP contribution >= 0.6 is 7.05 Å². The molecule has 0 aliphatic carbocycles. The number of alkyl halides is 17. The largest absolute Gasteiger partial charge is 0.464 e. The second kappa shape index (κ2) is 19.9. The van der Waals surface area contributed by atoms with E-state index in [0.717, 1.165) is 63.4 Å². The van der Waals surface area contributed by atoms with Gasteiger partial charge in [0.2, 0.25) is 0 Å². The molecule has 1 rings (SSSR count). The molecule has 5 nitrogen and oxygen atoms in total. The highest BCUT2D eigenvalue weighted by molar-refractivity contribution is 7.66. The fourth-order valence-corrected chi connectivity index (χ4v) is 9.54. The van der Waals surface area contributed by atoms with Crippen LogP contribution in [0.4, 0.5) is 80.3 Å². The predicted molar refractivity (Wildman–Crippen MR) is 180 cm³/mol. The first kappa shape index (κ1) is 52.8. The van der Waals surface area contributed by atoms with Crippen molar-refractivity contribution in [2.45, 2.75) is 120 Å². The summed E-state index contributed by atoms with van der Waals surface area (Å²) in [6, 6.07) is 5.81. The highest BCUT2D eigenvalue weighted by Gasteiger charge is 2.95. The third-order valence-electron chi connectivity index (χ3n) is 8.81. The van der Waals surface area contributed by atoms with E-state index in [-0.39, 0.29) is 5.56 Å². The van der Waals surface area contributed by atoms with Gasteiger partial charge in [0, 0.05) is 5.56 Å². The second-order valence-electron chi connectivity index (χ2n) is 13.3. The topological polar surface area (TPSA) is 59.0 Å². The number of unbranched alkanes of at least 4 members (excludes halogenated alkanes) is 4. The summed E-state index contributed by atoms with van der Waals surface area (Å²) < 4.78 is 240. The number of nitrogens with zero attached hydrogens (tertiary/aromatic N) is 2. The van der Waals surface area contributed by atoms with Crippen LogP contribution in [0.25, 0.3) is 0 Å². The lowest BCUT2D eigenvalue weighted by Gasteiger charge is -2.42. The molecule has 58 heavy (non-hydrogen) atoms. The van der Waals surface area contributed by atoms with E-state index in [1.54, 1.807) is 6.07 Å². The molecule has 0 radical (unpaired) electrons. The molecule has 0 aliphatic heterocycles. The zero-order valence-electron chi connectivity index (χ0n) is 31.3. The summed E-state index contributed by atoms with van der Waals surface area (Å²) in [5, 5.41) is 0. The van der Waals surface area contributed by atoms with Crippen LogP contribution in [-0.2, 0) is 9.53 Å². The summed E-state index contributed by atoms with van der Waals surface area (Å²) in [5.74, 6) is -58.2. The Labute approximate surface area is 323 Å². The Balaban J connectivity index is 3.31. The summed E-state index contributed by atoms with van der Waals surface area (Å²) in [6.07, 6.45) is 3.51. The normalized spacial score (nSPS) is 13.9. The van der Waals surface area contributed by atoms with Gasteiger partial charge in [-0.25, -0.2) is 0 Å². The molecule has 0 unspecified atom stereocenters. The Morgan fingerprint density at radius 2 is 1.16 bits per heavy atom. The molecule has 0 bridgehead atoms. The lowest BCUT2D eigenvalue weighted by molar-refractivity contribution is -0.461. The van der Waals surface area contributed by atoms with E-state index in [1.165, 1.54) is 18.2 Å². The van der Waals surface area contributed by atoms with Crippen molar-refractivity contribution in [1.82, 2.24) is 4.90 Å². The predicted octanol–water partition coefficient (Wildman–Crippen LogP) is 12.3. The van der Waals surface area contributed by atoms with E-state index in [2.05, 4.69) is 4.74 Å². The first-order valence-electron chi connectivity index (χ1n) is 17.6. The number of amides is 1. The van der Waals surface area contributed by atoms with Crippen LogP contribution in [0.1, 0.15) is 82.5 Å². The molecule has 0 spiro atoms. The molecule has 0 saturated carbocycles. The maximum atomic E-state index is 14.3. The summed E-state index contributed by atoms with van der Waals surface area (Å²) in [4.78, 5) is 26.4. The Bertz CT molecular complexity index is 1610. The third kappa shape index (κ3) is 11.1. The number of benzene rings is 1. The van der Waals surface area contributed by atoms with Crippen molar-refractivity contribution in [1.29, 1.82) is 0 Å². The Hall–Kier alpha value is -3.24. The van der Waals surface area contributed by atoms with E-state index >= 15 is 0 Å². The monoisotopic (exact) mass is 892 g/mol. The summed E-state index contributed by atoms with van der Waals surface area (Å²) >= 11 is 0. The van der Waals surface area contributed by atoms with Gasteiger partial charge in [-0.3, -0.25) is 14.3 Å². The third-order valence-corrected chi connectivity index (χ3v) is 12.9. The van der Waals surface area contributed by atoms with Gasteiger partial charge >= 0.3 is 53.6 Å². The molecule has 1 amide bonds. The van der Waals surface area contributed by atoms with Crippen LogP contribution in [0, 0.1) is 12.3 Å². The zero-order valence-corrected chi connectivity index (χ0v) is 32.2. The summed E-state index contributed by atoms with van der Waals surface area (Å²) in [7, 11) is -1.93. The van der Waals surface area contributed by atoms with Gasteiger partial charge < -0.3 is 9.64 Å². The van der Waals surface area contributed by atoms with E-state index in [1.807, 2.05) is 26.7 Å². The van der Waals surface area contributed by atoms with Gasteiger partial charge in [0.1, 0.15) is 6.54 Å². The molecular formula is C35H42F17N2O3P. The van der Waals surface area contributed by atoms with E-state index in [4.69, 9.17) is 11.2 Å². The molecule has 0 saturated heterocycles. The number of carbonyl (C=O) groups is 2. The smallest absolute Gasteiger partial charge is 0.460 e. The van der Waals surface area contributed by atoms with E-state index in [9.17, 15) is 84.2 Å². The maximum Gasteiger partial charge on any atom is 0.460 e. The number of rotatable bonds is 24. The Kier molecular flexibility index (Phi) is 18.1. The lowest BCUT2D eigenvalue weighted by atomic mass is 9.88. The molecule has 0 aliphatic rings. The number of esters is 1. The lowest BCUT2D eigenvalue weighted by Crippen LogP contribution is -2.74. The van der Waals surface area contributed by atoms with Crippen molar-refractivity contribution in [3.63, 3.8) is 0 Å². The number of ether oxygens (including phenoxy) is 1. The first-order valence-corrected chi connectivity index (χ1v) is 19.9. The number of halogens is 17. The SMILES string of the molecule is C#CCN(CC(=O)OCCC(F)(F)C(F)(F)C(F)(F)C(F)(F)C(F)(F)C(F)(F)C(F)(F)C(F)(F)F)C(=O)c1cccc(N=P(CCCC)(CCCC)CCCCC)c1. The maximum absolute atomic E-state index is 14.3. The number of carbonyl (C=O) groups excluding carboxylic acids is 2. The molecule has 23 heteroatoms. The van der Waals surface area contributed by atoms with E-state index in [0.29, 0.717) is 10.6 Å². The molecule has 1 aromatic carbocycles. The van der Waals surface area contributed by atoms with Gasteiger partial charge in [-0.2, -0.15) is 74.6 Å². The van der Waals surface area contributed by atoms with Crippen molar-refractivity contribution in [3.05, 3.63) is 29.8 Å². The highest BCUT2D eigenvalue weighted by Crippen LogP contribution is 2.64. The molecular weight excluding hydrogens is 850 g/mol. The van der Waals surface area contributed by atoms with Crippen LogP contribution < -0.4 is 0 Å². The summed E-state index contributed by atoms with van der Waals surface area (Å²) in [5.41, 5.74) is 0.332. The molecule has 0 fully saturated rings. The molecule has 0 heterocycles. The number of hydrogen-bond acceptors (Lipinski definition) is 4. The molecule has 1 aromatic rings. The second-order valence-corrected chi connectivity index (χ2v) is 17.0. The molecule has 334 valence electrons. The van der Waals surface area contributed by atoms with E-state index < -0.39 is 92.7 Å². The molecule has 0 atom stereocenters. The summed E-state index contributed by atoms with van der Waals surface area (Å²) in [6.45, 7) is 2.05. The van der Waals surface area contributed by atoms with Gasteiger partial charge in [-0.1, -0.05) is 58.4 Å². The average Bonchev–Trinajstić information content (AvgIpc) is 3.11. The van der Waals surface area contributed by atoms with Crippen LogP contribution in [0.5, 0.6) is 0 Å². The van der Waals surface area contributed by atoms with Gasteiger partial charge in [-0.15, -0.1) is 6.42 Å². The van der Waals surface area contributed by atoms with Crippen molar-refractivity contribution < 1.29 is 89.0 Å². The fraction of sp³-hybridized carbons (Fsp3) is 0.714. The van der Waals surface area contributed by atoms with Crippen molar-refractivity contribution in [3.8, 4) is 12.3 Å². The Morgan fingerprint density at radius 1 is 0.690 bits per heavy atom. The van der Waals surface area contributed by atoms with Gasteiger partial charge in [-0.05, 0) is 63.0 Å². The number of terminal acetylenes is 1. The first-order chi connectivity index (χ1) is 26.3. The Morgan fingerprint density at radius 3 is 1.62 bits per heavy atom. The van der Waals surface area contributed by atoms with Crippen LogP contribution in [0.15, 0.2) is 29.0 Å². The van der Waals surface area contributed by atoms with Crippen molar-refractivity contribution >= 4 is 24.6 Å². The quantitative estimate of drug-likeness (QED) is 0.0342. The van der Waals surface area contributed by atoms with Crippen LogP contribution in [0.2, 0.25) is 0 Å². The standard InChI is InChI=1S/C35H42F17N2O3P/c1-5-9-12-21-58(19-10-6-2,20-11-7-3)53-25-15-13-14-24(22-25)27(56)54(17-8-4)23-26(55)57-18-16-28(36,37)29(38,39)30(40,41)31(42,43)32(44,45)33(46,47)34(48,49)35(50,51)52/h4,13-15,22H,5-7,9-12,16-21,23H2,1-3H3. The van der Waals surface area contributed by atoms with Gasteiger partial charge in [0.05, 0.1) is 25.3 Å². The van der Waals surface area contributed by atoms with Crippen LogP contribution in [-0.4, -0.2) is 103 Å². The minimum atomic E-state index is -8.75. The van der Waals surface area contributed by atoms with Crippen LogP contribution in [0.3, 0.4) is 0 Å². The highest BCUT2D eigenvalue weighted by atomic mass is 31.2. The molecule has 0 aromatic heterocycles. The average molecular weight is 893 g/mol. The minimum absolute atomic E-state index is 0.0911. The fourth-order valence-electron chi connectivity index (χ4n) is 5.33. The van der Waals surface area contributed by atoms with Gasteiger partial charge in [0.15, 0.2) is 0 Å². The zero-order chi connectivity index (χ0) is 45.2.